The Hall–Kier alpha value is -4.04. The lowest BCUT2D eigenvalue weighted by molar-refractivity contribution is -0.117. The van der Waals surface area contributed by atoms with Gasteiger partial charge >= 0.3 is 12.6 Å². The Balaban J connectivity index is 2.04. The molecule has 2 heterocycles. The number of halogens is 2. The smallest absolute Gasteiger partial charge is 0.387 e. The summed E-state index contributed by atoms with van der Waals surface area (Å²) in [4.78, 5) is 28.4. The molecular weight excluding hydrogens is 438 g/mol. The van der Waals surface area contributed by atoms with Crippen LogP contribution in [0.3, 0.4) is 0 Å². The molecule has 0 saturated heterocycles. The van der Waals surface area contributed by atoms with Gasteiger partial charge in [-0.3, -0.25) is 4.79 Å². The Morgan fingerprint density at radius 3 is 2.85 bits per heavy atom. The molecule has 3 aromatic rings. The van der Waals surface area contributed by atoms with Crippen molar-refractivity contribution >= 4 is 23.4 Å². The predicted octanol–water partition coefficient (Wildman–Crippen LogP) is 2.00. The average Bonchev–Trinajstić information content (AvgIpc) is 3.20. The number of benzene rings is 1. The zero-order valence-electron chi connectivity index (χ0n) is 17.7. The van der Waals surface area contributed by atoms with Crippen LogP contribution in [0.15, 0.2) is 36.5 Å². The fourth-order valence-electron chi connectivity index (χ4n) is 2.95. The van der Waals surface area contributed by atoms with Gasteiger partial charge in [0.2, 0.25) is 6.41 Å². The van der Waals surface area contributed by atoms with Crippen molar-refractivity contribution in [1.82, 2.24) is 19.7 Å². The third-order valence-electron chi connectivity index (χ3n) is 4.50. The first-order chi connectivity index (χ1) is 15.8. The Bertz CT molecular complexity index is 1220. The van der Waals surface area contributed by atoms with E-state index in [1.54, 1.807) is 19.2 Å². The average molecular weight is 458 g/mol. The normalized spacial score (nSPS) is 11.6. The van der Waals surface area contributed by atoms with Gasteiger partial charge in [-0.2, -0.15) is 13.9 Å². The van der Waals surface area contributed by atoms with Crippen molar-refractivity contribution in [3.05, 3.63) is 47.8 Å². The molecule has 2 aromatic heterocycles. The van der Waals surface area contributed by atoms with Crippen LogP contribution < -0.4 is 4.74 Å². The summed E-state index contributed by atoms with van der Waals surface area (Å²) in [6.07, 6.45) is 1.28. The molecule has 33 heavy (non-hydrogen) atoms. The molecule has 0 aliphatic heterocycles. The van der Waals surface area contributed by atoms with E-state index in [1.165, 1.54) is 41.1 Å². The number of ether oxygens (including phenoxy) is 2. The number of carbonyl (C=O) groups is 2. The van der Waals surface area contributed by atoms with Crippen molar-refractivity contribution < 1.29 is 33.0 Å². The van der Waals surface area contributed by atoms with E-state index in [0.717, 1.165) is 0 Å². The highest BCUT2D eigenvalue weighted by atomic mass is 19.3. The van der Waals surface area contributed by atoms with Gasteiger partial charge in [-0.05, 0) is 24.3 Å². The van der Waals surface area contributed by atoms with Crippen molar-refractivity contribution in [1.29, 1.82) is 0 Å². The van der Waals surface area contributed by atoms with E-state index in [1.807, 2.05) is 0 Å². The minimum Gasteiger partial charge on any atom is -0.464 e. The minimum atomic E-state index is -3.08. The van der Waals surface area contributed by atoms with Gasteiger partial charge in [-0.1, -0.05) is 11.8 Å². The molecule has 0 radical (unpaired) electrons. The van der Waals surface area contributed by atoms with Crippen LogP contribution in [0.5, 0.6) is 5.75 Å². The van der Waals surface area contributed by atoms with Crippen LogP contribution in [-0.4, -0.2) is 70.6 Å². The zero-order chi connectivity index (χ0) is 24.0. The first-order valence-corrected chi connectivity index (χ1v) is 9.70. The van der Waals surface area contributed by atoms with Gasteiger partial charge in [0.15, 0.2) is 11.3 Å². The number of amides is 1. The van der Waals surface area contributed by atoms with Crippen molar-refractivity contribution in [3.8, 4) is 23.3 Å². The molecule has 0 spiro atoms. The van der Waals surface area contributed by atoms with Crippen LogP contribution in [-0.2, 0) is 9.53 Å². The van der Waals surface area contributed by atoms with Crippen LogP contribution in [0.2, 0.25) is 0 Å². The topological polar surface area (TPSA) is 107 Å². The molecule has 1 amide bonds. The van der Waals surface area contributed by atoms with E-state index in [9.17, 15) is 23.5 Å². The summed E-state index contributed by atoms with van der Waals surface area (Å²) in [6.45, 7) is -2.79. The number of rotatable bonds is 8. The summed E-state index contributed by atoms with van der Waals surface area (Å²) in [5, 5.41) is 14.7. The number of aromatic nitrogens is 3. The van der Waals surface area contributed by atoms with Gasteiger partial charge < -0.3 is 19.5 Å². The molecule has 0 fully saturated rings. The lowest BCUT2D eigenvalue weighted by atomic mass is 10.1. The summed E-state index contributed by atoms with van der Waals surface area (Å²) >= 11 is 0. The Morgan fingerprint density at radius 1 is 1.36 bits per heavy atom. The second kappa shape index (κ2) is 10.5. The number of fused-ring (bicyclic) bond motifs is 1. The molecule has 0 bridgehead atoms. The zero-order valence-corrected chi connectivity index (χ0v) is 17.7. The standard InChI is InChI=1S/C22H20F2N4O5/c1-27(13-29)9-7-16(30)6-5-14-10-15(12-17(11-14)33-22(23)24)28-20-18(4-3-8-25-20)19(26-28)21(31)32-2/h3-4,8,10-13,16,22,30H,7,9H2,1-2H3. The predicted molar refractivity (Wildman–Crippen MR) is 113 cm³/mol. The first-order valence-electron chi connectivity index (χ1n) is 9.70. The van der Waals surface area contributed by atoms with Gasteiger partial charge in [0, 0.05) is 37.8 Å². The Morgan fingerprint density at radius 2 is 2.15 bits per heavy atom. The maximum atomic E-state index is 12.9. The Labute approximate surface area is 187 Å². The van der Waals surface area contributed by atoms with E-state index >= 15 is 0 Å². The van der Waals surface area contributed by atoms with Crippen LogP contribution in [0, 0.1) is 11.8 Å². The summed E-state index contributed by atoms with van der Waals surface area (Å²) in [5.41, 5.74) is 0.808. The fourth-order valence-corrected chi connectivity index (χ4v) is 2.95. The molecule has 1 unspecified atom stereocenters. The number of hydrogen-bond donors (Lipinski definition) is 1. The van der Waals surface area contributed by atoms with Crippen LogP contribution in [0.4, 0.5) is 8.78 Å². The highest BCUT2D eigenvalue weighted by Crippen LogP contribution is 2.26. The lowest BCUT2D eigenvalue weighted by Crippen LogP contribution is -2.21. The van der Waals surface area contributed by atoms with Gasteiger partial charge in [0.1, 0.15) is 11.9 Å². The molecule has 0 saturated carbocycles. The Kier molecular flexibility index (Phi) is 7.53. The molecule has 9 nitrogen and oxygen atoms in total. The fraction of sp³-hybridized carbons (Fsp3) is 0.273. The number of carbonyl (C=O) groups excluding carboxylic acids is 2. The third-order valence-corrected chi connectivity index (χ3v) is 4.50. The monoisotopic (exact) mass is 458 g/mol. The van der Waals surface area contributed by atoms with E-state index in [4.69, 9.17) is 4.74 Å². The number of nitrogens with zero attached hydrogens (tertiary/aromatic N) is 4. The molecule has 0 aliphatic rings. The van der Waals surface area contributed by atoms with Gasteiger partial charge in [-0.15, -0.1) is 0 Å². The van der Waals surface area contributed by atoms with E-state index < -0.39 is 18.7 Å². The molecule has 1 N–H and O–H groups in total. The number of methoxy groups -OCH3 is 1. The highest BCUT2D eigenvalue weighted by Gasteiger charge is 2.20. The van der Waals surface area contributed by atoms with E-state index in [-0.39, 0.29) is 29.1 Å². The van der Waals surface area contributed by atoms with Crippen LogP contribution >= 0.6 is 0 Å². The van der Waals surface area contributed by atoms with Crippen LogP contribution in [0.1, 0.15) is 22.5 Å². The number of aliphatic hydroxyl groups is 1. The van der Waals surface area contributed by atoms with E-state index in [2.05, 4.69) is 26.7 Å². The number of esters is 1. The van der Waals surface area contributed by atoms with Crippen LogP contribution in [0.25, 0.3) is 16.7 Å². The maximum Gasteiger partial charge on any atom is 0.387 e. The van der Waals surface area contributed by atoms with Gasteiger partial charge in [0.05, 0.1) is 18.2 Å². The summed E-state index contributed by atoms with van der Waals surface area (Å²) in [5.74, 6) is 4.44. The number of pyridine rings is 1. The van der Waals surface area contributed by atoms with Gasteiger partial charge in [-0.25, -0.2) is 14.5 Å². The minimum absolute atomic E-state index is 0.00290. The SMILES string of the molecule is COC(=O)c1nn(-c2cc(C#CC(O)CCN(C)C=O)cc(OC(F)F)c2)c2ncccc12. The van der Waals surface area contributed by atoms with Crippen molar-refractivity contribution in [3.63, 3.8) is 0 Å². The molecule has 1 aromatic carbocycles. The molecule has 11 heteroatoms. The molecule has 1 atom stereocenters. The number of hydrogen-bond acceptors (Lipinski definition) is 7. The maximum absolute atomic E-state index is 12.9. The second-order valence-corrected chi connectivity index (χ2v) is 6.88. The number of alkyl halides is 2. The van der Waals surface area contributed by atoms with Gasteiger partial charge in [0.25, 0.3) is 0 Å². The second-order valence-electron chi connectivity index (χ2n) is 6.88. The third kappa shape index (κ3) is 5.81. The molecule has 3 rings (SSSR count). The number of aliphatic hydroxyl groups excluding tert-OH is 1. The lowest BCUT2D eigenvalue weighted by Gasteiger charge is -2.11. The van der Waals surface area contributed by atoms with Crippen molar-refractivity contribution in [2.75, 3.05) is 20.7 Å². The molecular formula is C22H20F2N4O5. The van der Waals surface area contributed by atoms with Crippen molar-refractivity contribution in [2.45, 2.75) is 19.1 Å². The van der Waals surface area contributed by atoms with Crippen molar-refractivity contribution in [2.24, 2.45) is 0 Å². The quantitative estimate of drug-likeness (QED) is 0.313. The molecule has 0 aliphatic carbocycles. The van der Waals surface area contributed by atoms with E-state index in [0.29, 0.717) is 24.0 Å². The summed E-state index contributed by atoms with van der Waals surface area (Å²) in [6, 6.07) is 7.36. The summed E-state index contributed by atoms with van der Waals surface area (Å²) in [7, 11) is 2.78. The highest BCUT2D eigenvalue weighted by molar-refractivity contribution is 6.01. The molecule has 172 valence electrons. The largest absolute Gasteiger partial charge is 0.464 e. The summed E-state index contributed by atoms with van der Waals surface area (Å²) < 4.78 is 36.4. The first kappa shape index (κ1) is 23.6.